The Morgan fingerprint density at radius 2 is 1.00 bits per heavy atom. The van der Waals surface area contributed by atoms with Crippen molar-refractivity contribution in [2.75, 3.05) is 10.9 Å². The van der Waals surface area contributed by atoms with Crippen molar-refractivity contribution >= 4 is 104 Å². The van der Waals surface area contributed by atoms with Crippen LogP contribution in [0.25, 0.3) is 0 Å². The maximum Gasteiger partial charge on any atom is 0.0942 e. The monoisotopic (exact) mass is 456 g/mol. The number of anilines is 2. The van der Waals surface area contributed by atoms with Gasteiger partial charge in [0.15, 0.2) is 0 Å². The second kappa shape index (κ2) is 7.50. The minimum atomic E-state index is 0.112. The molecule has 0 radical (unpaired) electrons. The van der Waals surface area contributed by atoms with E-state index in [9.17, 15) is 0 Å². The van der Waals surface area contributed by atoms with Gasteiger partial charge in [0.25, 0.3) is 0 Å². The van der Waals surface area contributed by atoms with Gasteiger partial charge in [-0.25, -0.2) is 0 Å². The first-order valence-corrected chi connectivity index (χ1v) is 8.44. The molecule has 0 saturated carbocycles. The number of hydrogen-bond donors (Lipinski definition) is 2. The van der Waals surface area contributed by atoms with Gasteiger partial charge in [-0.1, -0.05) is 92.8 Å². The highest BCUT2D eigenvalue weighted by molar-refractivity contribution is 6.53. The minimum Gasteiger partial charge on any atom is -0.299 e. The van der Waals surface area contributed by atoms with Crippen LogP contribution in [0.3, 0.4) is 0 Å². The fraction of sp³-hybridized carbons (Fsp3) is 0. The third-order valence-electron chi connectivity index (χ3n) is 2.54. The zero-order valence-electron chi connectivity index (χ0n) is 10.2. The van der Waals surface area contributed by atoms with Crippen LogP contribution in [0.1, 0.15) is 0 Å². The Hall–Kier alpha value is 0.360. The van der Waals surface area contributed by atoms with Gasteiger partial charge >= 0.3 is 0 Å². The van der Waals surface area contributed by atoms with Crippen molar-refractivity contribution in [3.8, 4) is 0 Å². The van der Waals surface area contributed by atoms with Crippen LogP contribution in [0.2, 0.25) is 40.2 Å². The van der Waals surface area contributed by atoms with E-state index in [-0.39, 0.29) is 45.9 Å². The van der Waals surface area contributed by atoms with Crippen molar-refractivity contribution < 1.29 is 0 Å². The van der Waals surface area contributed by atoms with E-state index in [1.54, 1.807) is 0 Å². The van der Waals surface area contributed by atoms with Gasteiger partial charge in [0.1, 0.15) is 0 Å². The molecule has 2 rings (SSSR count). The summed E-state index contributed by atoms with van der Waals surface area (Å²) in [5.41, 5.74) is 6.19. The standard InChI is InChI=1S/C12H4Cl8N2/c13-3-1-4(14)9(18)12(8(3)17)22-21-6-2-5(15)7(16)11(20)10(6)19/h1-2,21-22H. The number of benzene rings is 2. The van der Waals surface area contributed by atoms with Gasteiger partial charge in [0, 0.05) is 0 Å². The van der Waals surface area contributed by atoms with Gasteiger partial charge in [0.2, 0.25) is 0 Å². The fourth-order valence-corrected chi connectivity index (χ4v) is 3.23. The Morgan fingerprint density at radius 3 is 1.55 bits per heavy atom. The van der Waals surface area contributed by atoms with Gasteiger partial charge in [-0.05, 0) is 12.1 Å². The summed E-state index contributed by atoms with van der Waals surface area (Å²) in [5.74, 6) is 0. The maximum atomic E-state index is 6.08. The smallest absolute Gasteiger partial charge is 0.0942 e. The molecule has 118 valence electrons. The Balaban J connectivity index is 2.36. The molecule has 10 heteroatoms. The minimum absolute atomic E-state index is 0.112. The molecule has 0 amide bonds. The normalized spacial score (nSPS) is 10.7. The van der Waals surface area contributed by atoms with Crippen LogP contribution in [-0.2, 0) is 0 Å². The van der Waals surface area contributed by atoms with E-state index in [0.29, 0.717) is 5.69 Å². The van der Waals surface area contributed by atoms with Crippen LogP contribution in [-0.4, -0.2) is 0 Å². The average molecular weight is 460 g/mol. The maximum absolute atomic E-state index is 6.08. The van der Waals surface area contributed by atoms with E-state index in [4.69, 9.17) is 92.8 Å². The van der Waals surface area contributed by atoms with Crippen molar-refractivity contribution in [2.24, 2.45) is 0 Å². The molecule has 0 aliphatic heterocycles. The molecule has 0 saturated heterocycles. The third kappa shape index (κ3) is 3.71. The number of hydrogen-bond acceptors (Lipinski definition) is 2. The molecule has 0 fully saturated rings. The lowest BCUT2D eigenvalue weighted by Crippen LogP contribution is -2.10. The molecule has 0 spiro atoms. The van der Waals surface area contributed by atoms with Crippen LogP contribution in [0.15, 0.2) is 12.1 Å². The number of hydrazine groups is 1. The molecular weight excluding hydrogens is 456 g/mol. The molecule has 2 aromatic rings. The molecule has 0 bridgehead atoms. The molecule has 0 atom stereocenters. The fourth-order valence-electron chi connectivity index (χ4n) is 1.48. The molecule has 0 aliphatic carbocycles. The second-order valence-electron chi connectivity index (χ2n) is 3.94. The van der Waals surface area contributed by atoms with Crippen molar-refractivity contribution in [3.05, 3.63) is 52.3 Å². The van der Waals surface area contributed by atoms with Crippen molar-refractivity contribution in [3.63, 3.8) is 0 Å². The highest BCUT2D eigenvalue weighted by atomic mass is 35.5. The number of nitrogens with one attached hydrogen (secondary N) is 2. The Labute approximate surface area is 166 Å². The highest BCUT2D eigenvalue weighted by Crippen LogP contribution is 2.43. The van der Waals surface area contributed by atoms with E-state index in [1.807, 2.05) is 0 Å². The molecule has 0 heterocycles. The van der Waals surface area contributed by atoms with Crippen LogP contribution in [0.5, 0.6) is 0 Å². The summed E-state index contributed by atoms with van der Waals surface area (Å²) in [4.78, 5) is 0. The summed E-state index contributed by atoms with van der Waals surface area (Å²) in [7, 11) is 0. The summed E-state index contributed by atoms with van der Waals surface area (Å²) in [6, 6.07) is 2.92. The largest absolute Gasteiger partial charge is 0.299 e. The van der Waals surface area contributed by atoms with E-state index in [1.165, 1.54) is 12.1 Å². The predicted octanol–water partition coefficient (Wildman–Crippen LogP) is 8.35. The zero-order valence-corrected chi connectivity index (χ0v) is 16.2. The predicted molar refractivity (Wildman–Crippen MR) is 100 cm³/mol. The Morgan fingerprint density at radius 1 is 0.500 bits per heavy atom. The molecular formula is C12H4Cl8N2. The summed E-state index contributed by atoms with van der Waals surface area (Å²) in [6.45, 7) is 0. The quantitative estimate of drug-likeness (QED) is 0.274. The molecule has 2 N–H and O–H groups in total. The van der Waals surface area contributed by atoms with E-state index in [2.05, 4.69) is 10.9 Å². The van der Waals surface area contributed by atoms with Crippen LogP contribution in [0.4, 0.5) is 11.4 Å². The van der Waals surface area contributed by atoms with Crippen molar-refractivity contribution in [1.29, 1.82) is 0 Å². The second-order valence-corrected chi connectivity index (χ2v) is 7.05. The van der Waals surface area contributed by atoms with Crippen molar-refractivity contribution in [2.45, 2.75) is 0 Å². The average Bonchev–Trinajstić information content (AvgIpc) is 2.48. The van der Waals surface area contributed by atoms with Crippen LogP contribution < -0.4 is 10.9 Å². The summed E-state index contributed by atoms with van der Waals surface area (Å²) in [6.07, 6.45) is 0. The molecule has 2 nitrogen and oxygen atoms in total. The van der Waals surface area contributed by atoms with Gasteiger partial charge in [-0.3, -0.25) is 10.9 Å². The summed E-state index contributed by atoms with van der Waals surface area (Å²) < 4.78 is 0. The van der Waals surface area contributed by atoms with Crippen molar-refractivity contribution in [1.82, 2.24) is 0 Å². The SMILES string of the molecule is Clc1cc(NNc2c(Cl)c(Cl)cc(Cl)c2Cl)c(Cl)c(Cl)c1Cl. The number of rotatable bonds is 3. The first-order chi connectivity index (χ1) is 10.2. The van der Waals surface area contributed by atoms with Crippen LogP contribution >= 0.6 is 92.8 Å². The molecule has 0 aromatic heterocycles. The topological polar surface area (TPSA) is 24.1 Å². The zero-order chi connectivity index (χ0) is 16.6. The van der Waals surface area contributed by atoms with E-state index >= 15 is 0 Å². The lowest BCUT2D eigenvalue weighted by atomic mass is 10.3. The highest BCUT2D eigenvalue weighted by Gasteiger charge is 2.16. The molecule has 22 heavy (non-hydrogen) atoms. The van der Waals surface area contributed by atoms with Gasteiger partial charge in [0.05, 0.1) is 51.6 Å². The lowest BCUT2D eigenvalue weighted by Gasteiger charge is -2.16. The van der Waals surface area contributed by atoms with Gasteiger partial charge < -0.3 is 0 Å². The third-order valence-corrected chi connectivity index (χ3v) is 5.86. The summed E-state index contributed by atoms with van der Waals surface area (Å²) in [5, 5.41) is 1.50. The van der Waals surface area contributed by atoms with E-state index in [0.717, 1.165) is 0 Å². The summed E-state index contributed by atoms with van der Waals surface area (Å²) >= 11 is 47.9. The van der Waals surface area contributed by atoms with Gasteiger partial charge in [-0.15, -0.1) is 0 Å². The molecule has 2 aromatic carbocycles. The van der Waals surface area contributed by atoms with E-state index < -0.39 is 0 Å². The Kier molecular flexibility index (Phi) is 6.37. The molecule has 0 unspecified atom stereocenters. The molecule has 0 aliphatic rings. The van der Waals surface area contributed by atoms with Crippen LogP contribution in [0, 0.1) is 0 Å². The first kappa shape index (κ1) is 18.7. The Bertz CT molecular complexity index is 721. The van der Waals surface area contributed by atoms with Gasteiger partial charge in [-0.2, -0.15) is 0 Å². The lowest BCUT2D eigenvalue weighted by molar-refractivity contribution is 1.41. The first-order valence-electron chi connectivity index (χ1n) is 5.42. The number of halogens is 8.